The van der Waals surface area contributed by atoms with Crippen molar-refractivity contribution in [2.75, 3.05) is 0 Å². The summed E-state index contributed by atoms with van der Waals surface area (Å²) in [7, 11) is 0. The summed E-state index contributed by atoms with van der Waals surface area (Å²) in [5, 5.41) is 1.23. The second kappa shape index (κ2) is 4.31. The zero-order valence-electron chi connectivity index (χ0n) is 10.4. The third-order valence-corrected chi connectivity index (χ3v) is 3.25. The Morgan fingerprint density at radius 1 is 0.944 bits per heavy atom. The minimum atomic E-state index is -0.00685. The lowest BCUT2D eigenvalue weighted by molar-refractivity contribution is 0.794. The average molecular weight is 236 g/mol. The normalized spacial score (nSPS) is 12.8. The van der Waals surface area contributed by atoms with Gasteiger partial charge in [0.2, 0.25) is 0 Å². The van der Waals surface area contributed by atoms with E-state index in [1.54, 1.807) is 0 Å². The summed E-state index contributed by atoms with van der Waals surface area (Å²) >= 11 is 0. The predicted octanol–water partition coefficient (Wildman–Crippen LogP) is 3.85. The highest BCUT2D eigenvalue weighted by molar-refractivity contribution is 5.97. The molecular formula is C16H16N2. The Kier molecular flexibility index (Phi) is 2.65. The van der Waals surface area contributed by atoms with Crippen LogP contribution >= 0.6 is 0 Å². The molecule has 1 heterocycles. The Morgan fingerprint density at radius 3 is 2.33 bits per heavy atom. The number of nitrogens with one attached hydrogen (secondary N) is 1. The molecular weight excluding hydrogens is 220 g/mol. The van der Waals surface area contributed by atoms with Crippen molar-refractivity contribution < 1.29 is 0 Å². The number of aromatic amines is 1. The molecule has 1 atom stereocenters. The van der Waals surface area contributed by atoms with Crippen LogP contribution in [-0.2, 0) is 0 Å². The summed E-state index contributed by atoms with van der Waals surface area (Å²) in [6.07, 6.45) is 0. The number of hydrogen-bond donors (Lipinski definition) is 2. The van der Waals surface area contributed by atoms with Crippen LogP contribution in [0.2, 0.25) is 0 Å². The standard InChI is InChI=1S/C16H16N2/c1-11(17)16-15(12-7-3-2-4-8-12)13-9-5-6-10-14(13)18-16/h2-11,18H,17H2,1H3. The van der Waals surface area contributed by atoms with Crippen molar-refractivity contribution in [2.24, 2.45) is 5.73 Å². The molecule has 0 amide bonds. The first kappa shape index (κ1) is 11.1. The van der Waals surface area contributed by atoms with Gasteiger partial charge in [-0.3, -0.25) is 0 Å². The molecule has 3 aromatic rings. The van der Waals surface area contributed by atoms with E-state index in [1.165, 1.54) is 16.5 Å². The SMILES string of the molecule is CC(N)c1[nH]c2ccccc2c1-c1ccccc1. The van der Waals surface area contributed by atoms with Gasteiger partial charge in [-0.1, -0.05) is 48.5 Å². The van der Waals surface area contributed by atoms with Gasteiger partial charge in [0.05, 0.1) is 0 Å². The Balaban J connectivity index is 2.35. The lowest BCUT2D eigenvalue weighted by Crippen LogP contribution is -2.06. The number of para-hydroxylation sites is 1. The molecule has 0 saturated carbocycles. The van der Waals surface area contributed by atoms with Crippen LogP contribution in [0.4, 0.5) is 0 Å². The first-order chi connectivity index (χ1) is 8.77. The lowest BCUT2D eigenvalue weighted by atomic mass is 10.00. The van der Waals surface area contributed by atoms with Crippen molar-refractivity contribution in [1.29, 1.82) is 0 Å². The smallest absolute Gasteiger partial charge is 0.0462 e. The number of rotatable bonds is 2. The van der Waals surface area contributed by atoms with Gasteiger partial charge in [0.25, 0.3) is 0 Å². The van der Waals surface area contributed by atoms with Crippen molar-refractivity contribution in [3.63, 3.8) is 0 Å². The van der Waals surface area contributed by atoms with Gasteiger partial charge in [0.1, 0.15) is 0 Å². The summed E-state index contributed by atoms with van der Waals surface area (Å²) in [6, 6.07) is 18.7. The predicted molar refractivity (Wildman–Crippen MR) is 76.3 cm³/mol. The van der Waals surface area contributed by atoms with Crippen LogP contribution in [0.5, 0.6) is 0 Å². The second-order valence-corrected chi connectivity index (χ2v) is 4.61. The van der Waals surface area contributed by atoms with E-state index >= 15 is 0 Å². The highest BCUT2D eigenvalue weighted by Crippen LogP contribution is 2.34. The molecule has 90 valence electrons. The molecule has 0 aliphatic heterocycles. The molecule has 2 heteroatoms. The first-order valence-electron chi connectivity index (χ1n) is 6.19. The molecule has 0 fully saturated rings. The highest BCUT2D eigenvalue weighted by Gasteiger charge is 2.15. The van der Waals surface area contributed by atoms with Crippen molar-refractivity contribution in [2.45, 2.75) is 13.0 Å². The van der Waals surface area contributed by atoms with E-state index in [-0.39, 0.29) is 6.04 Å². The van der Waals surface area contributed by atoms with Crippen LogP contribution in [0.1, 0.15) is 18.7 Å². The van der Waals surface area contributed by atoms with E-state index in [0.717, 1.165) is 11.2 Å². The van der Waals surface area contributed by atoms with E-state index in [4.69, 9.17) is 5.73 Å². The van der Waals surface area contributed by atoms with E-state index in [1.807, 2.05) is 19.1 Å². The fourth-order valence-corrected chi connectivity index (χ4v) is 2.42. The van der Waals surface area contributed by atoms with Gasteiger partial charge >= 0.3 is 0 Å². The van der Waals surface area contributed by atoms with E-state index < -0.39 is 0 Å². The molecule has 0 saturated heterocycles. The Hall–Kier alpha value is -2.06. The van der Waals surface area contributed by atoms with Crippen LogP contribution in [0.25, 0.3) is 22.0 Å². The average Bonchev–Trinajstić information content (AvgIpc) is 2.79. The fourth-order valence-electron chi connectivity index (χ4n) is 2.42. The number of fused-ring (bicyclic) bond motifs is 1. The second-order valence-electron chi connectivity index (χ2n) is 4.61. The molecule has 1 unspecified atom stereocenters. The summed E-state index contributed by atoms with van der Waals surface area (Å²) in [6.45, 7) is 2.01. The fraction of sp³-hybridized carbons (Fsp3) is 0.125. The molecule has 3 N–H and O–H groups in total. The molecule has 18 heavy (non-hydrogen) atoms. The van der Waals surface area contributed by atoms with Crippen LogP contribution in [0.3, 0.4) is 0 Å². The molecule has 2 nitrogen and oxygen atoms in total. The largest absolute Gasteiger partial charge is 0.357 e. The summed E-state index contributed by atoms with van der Waals surface area (Å²) < 4.78 is 0. The van der Waals surface area contributed by atoms with Gasteiger partial charge in [-0.25, -0.2) is 0 Å². The summed E-state index contributed by atoms with van der Waals surface area (Å²) in [5.41, 5.74) is 10.8. The van der Waals surface area contributed by atoms with E-state index in [2.05, 4.69) is 47.4 Å². The number of H-pyrrole nitrogens is 1. The maximum absolute atomic E-state index is 6.08. The zero-order chi connectivity index (χ0) is 12.5. The Bertz CT molecular complexity index is 666. The third kappa shape index (κ3) is 1.71. The monoisotopic (exact) mass is 236 g/mol. The molecule has 0 radical (unpaired) electrons. The number of benzene rings is 2. The first-order valence-corrected chi connectivity index (χ1v) is 6.19. The van der Waals surface area contributed by atoms with Crippen molar-refractivity contribution in [1.82, 2.24) is 4.98 Å². The van der Waals surface area contributed by atoms with Crippen LogP contribution in [-0.4, -0.2) is 4.98 Å². The van der Waals surface area contributed by atoms with E-state index in [9.17, 15) is 0 Å². The molecule has 0 aliphatic rings. The van der Waals surface area contributed by atoms with Crippen molar-refractivity contribution >= 4 is 10.9 Å². The Morgan fingerprint density at radius 2 is 1.61 bits per heavy atom. The molecule has 0 spiro atoms. The number of aromatic nitrogens is 1. The maximum atomic E-state index is 6.08. The lowest BCUT2D eigenvalue weighted by Gasteiger charge is -2.08. The third-order valence-electron chi connectivity index (χ3n) is 3.25. The van der Waals surface area contributed by atoms with Gasteiger partial charge in [-0.05, 0) is 18.6 Å². The molecule has 2 aromatic carbocycles. The quantitative estimate of drug-likeness (QED) is 0.697. The molecule has 3 rings (SSSR count). The van der Waals surface area contributed by atoms with Crippen molar-refractivity contribution in [3.05, 3.63) is 60.3 Å². The topological polar surface area (TPSA) is 41.8 Å². The van der Waals surface area contributed by atoms with E-state index in [0.29, 0.717) is 0 Å². The summed E-state index contributed by atoms with van der Waals surface area (Å²) in [5.74, 6) is 0. The zero-order valence-corrected chi connectivity index (χ0v) is 10.4. The highest BCUT2D eigenvalue weighted by atomic mass is 14.8. The Labute approximate surface area is 106 Å². The van der Waals surface area contributed by atoms with Gasteiger partial charge in [0, 0.05) is 28.2 Å². The number of hydrogen-bond acceptors (Lipinski definition) is 1. The van der Waals surface area contributed by atoms with Gasteiger partial charge in [-0.2, -0.15) is 0 Å². The molecule has 0 aliphatic carbocycles. The van der Waals surface area contributed by atoms with Gasteiger partial charge < -0.3 is 10.7 Å². The van der Waals surface area contributed by atoms with Gasteiger partial charge in [-0.15, -0.1) is 0 Å². The maximum Gasteiger partial charge on any atom is 0.0462 e. The van der Waals surface area contributed by atoms with Crippen LogP contribution in [0.15, 0.2) is 54.6 Å². The minimum Gasteiger partial charge on any atom is -0.357 e. The molecule has 0 bridgehead atoms. The molecule has 1 aromatic heterocycles. The summed E-state index contributed by atoms with van der Waals surface area (Å²) in [4.78, 5) is 3.44. The van der Waals surface area contributed by atoms with Crippen LogP contribution < -0.4 is 5.73 Å². The van der Waals surface area contributed by atoms with Crippen molar-refractivity contribution in [3.8, 4) is 11.1 Å². The number of nitrogens with two attached hydrogens (primary N) is 1. The van der Waals surface area contributed by atoms with Crippen LogP contribution in [0, 0.1) is 0 Å². The minimum absolute atomic E-state index is 0.00685. The van der Waals surface area contributed by atoms with Gasteiger partial charge in [0.15, 0.2) is 0 Å².